The van der Waals surface area contributed by atoms with Gasteiger partial charge in [-0.1, -0.05) is 0 Å². The van der Waals surface area contributed by atoms with E-state index < -0.39 is 0 Å². The first-order valence-electron chi connectivity index (χ1n) is 6.22. The molecule has 0 aliphatic carbocycles. The fourth-order valence-electron chi connectivity index (χ4n) is 2.17. The zero-order chi connectivity index (χ0) is 12.1. The molecular formula is C12H21N3O2. The molecule has 0 saturated carbocycles. The summed E-state index contributed by atoms with van der Waals surface area (Å²) in [6, 6.07) is 0.445. The molecule has 1 aromatic rings. The highest BCUT2D eigenvalue weighted by molar-refractivity contribution is 4.78. The molecule has 2 unspecified atom stereocenters. The minimum atomic E-state index is -0.0144. The van der Waals surface area contributed by atoms with Gasteiger partial charge in [-0.2, -0.15) is 0 Å². The second-order valence-electron chi connectivity index (χ2n) is 4.64. The van der Waals surface area contributed by atoms with E-state index in [1.807, 2.05) is 12.5 Å². The molecule has 1 fully saturated rings. The molecule has 1 N–H and O–H groups in total. The van der Waals surface area contributed by atoms with E-state index in [2.05, 4.69) is 21.4 Å². The lowest BCUT2D eigenvalue weighted by atomic mass is 10.2. The van der Waals surface area contributed by atoms with Crippen LogP contribution in [0, 0.1) is 0 Å². The van der Waals surface area contributed by atoms with Crippen LogP contribution < -0.4 is 0 Å². The number of aliphatic hydroxyl groups is 1. The average Bonchev–Trinajstić information content (AvgIpc) is 2.84. The van der Waals surface area contributed by atoms with E-state index in [1.165, 1.54) is 0 Å². The Morgan fingerprint density at radius 2 is 2.35 bits per heavy atom. The van der Waals surface area contributed by atoms with Gasteiger partial charge in [-0.3, -0.25) is 4.90 Å². The summed E-state index contributed by atoms with van der Waals surface area (Å²) in [6.45, 7) is 5.88. The van der Waals surface area contributed by atoms with Crippen LogP contribution in [0.3, 0.4) is 0 Å². The molecule has 2 heterocycles. The summed E-state index contributed by atoms with van der Waals surface area (Å²) in [6.07, 6.45) is 6.72. The Morgan fingerprint density at radius 1 is 1.47 bits per heavy atom. The maximum absolute atomic E-state index is 9.11. The predicted octanol–water partition coefficient (Wildman–Crippen LogP) is 0.355. The number of ether oxygens (including phenoxy) is 1. The molecule has 0 radical (unpaired) electrons. The molecular weight excluding hydrogens is 218 g/mol. The van der Waals surface area contributed by atoms with Gasteiger partial charge < -0.3 is 14.4 Å². The van der Waals surface area contributed by atoms with Crippen molar-refractivity contribution in [3.63, 3.8) is 0 Å². The minimum Gasteiger partial charge on any atom is -0.394 e. The Balaban J connectivity index is 1.73. The van der Waals surface area contributed by atoms with Crippen LogP contribution in [-0.2, 0) is 11.3 Å². The quantitative estimate of drug-likeness (QED) is 0.806. The number of hydrogen-bond acceptors (Lipinski definition) is 4. The van der Waals surface area contributed by atoms with Gasteiger partial charge in [-0.15, -0.1) is 0 Å². The Labute approximate surface area is 102 Å². The molecule has 0 aromatic carbocycles. The molecule has 0 spiro atoms. The number of rotatable bonds is 5. The largest absolute Gasteiger partial charge is 0.394 e. The van der Waals surface area contributed by atoms with Gasteiger partial charge in [0.15, 0.2) is 0 Å². The summed E-state index contributed by atoms with van der Waals surface area (Å²) >= 11 is 0. The second-order valence-corrected chi connectivity index (χ2v) is 4.64. The highest BCUT2D eigenvalue weighted by Gasteiger charge is 2.24. The molecule has 17 heavy (non-hydrogen) atoms. The Morgan fingerprint density at radius 3 is 3.06 bits per heavy atom. The maximum atomic E-state index is 9.11. The molecule has 2 atom stereocenters. The smallest absolute Gasteiger partial charge is 0.0945 e. The summed E-state index contributed by atoms with van der Waals surface area (Å²) in [5.74, 6) is 0. The SMILES string of the molecule is CC1COC(CO)CN1CCCn1ccnc1. The lowest BCUT2D eigenvalue weighted by molar-refractivity contribution is -0.0780. The summed E-state index contributed by atoms with van der Waals surface area (Å²) in [5.41, 5.74) is 0. The van der Waals surface area contributed by atoms with Crippen LogP contribution in [0.1, 0.15) is 13.3 Å². The number of nitrogens with zero attached hydrogens (tertiary/aromatic N) is 3. The Hall–Kier alpha value is -0.910. The van der Waals surface area contributed by atoms with Gasteiger partial charge in [0.05, 0.1) is 25.6 Å². The summed E-state index contributed by atoms with van der Waals surface area (Å²) in [7, 11) is 0. The van der Waals surface area contributed by atoms with Crippen molar-refractivity contribution in [3.8, 4) is 0 Å². The minimum absolute atomic E-state index is 0.0144. The van der Waals surface area contributed by atoms with Gasteiger partial charge >= 0.3 is 0 Å². The third-order valence-electron chi connectivity index (χ3n) is 3.26. The summed E-state index contributed by atoms with van der Waals surface area (Å²) in [5, 5.41) is 9.11. The van der Waals surface area contributed by atoms with Crippen molar-refractivity contribution in [1.29, 1.82) is 0 Å². The van der Waals surface area contributed by atoms with Crippen LogP contribution in [0.15, 0.2) is 18.7 Å². The molecule has 1 aromatic heterocycles. The molecule has 0 bridgehead atoms. The van der Waals surface area contributed by atoms with Gasteiger partial charge in [0, 0.05) is 38.1 Å². The zero-order valence-electron chi connectivity index (χ0n) is 10.3. The van der Waals surface area contributed by atoms with E-state index in [0.717, 1.165) is 32.7 Å². The standard InChI is InChI=1S/C12H21N3O2/c1-11-9-17-12(8-16)7-15(11)5-2-4-14-6-3-13-10-14/h3,6,10-12,16H,2,4-5,7-9H2,1H3. The van der Waals surface area contributed by atoms with Crippen LogP contribution in [0.2, 0.25) is 0 Å². The lowest BCUT2D eigenvalue weighted by Crippen LogP contribution is -2.49. The van der Waals surface area contributed by atoms with Crippen molar-refractivity contribution in [2.75, 3.05) is 26.3 Å². The van der Waals surface area contributed by atoms with E-state index in [0.29, 0.717) is 6.04 Å². The van der Waals surface area contributed by atoms with Crippen molar-refractivity contribution in [1.82, 2.24) is 14.5 Å². The monoisotopic (exact) mass is 239 g/mol. The maximum Gasteiger partial charge on any atom is 0.0945 e. The van der Waals surface area contributed by atoms with E-state index in [9.17, 15) is 0 Å². The van der Waals surface area contributed by atoms with Gasteiger partial charge in [0.1, 0.15) is 0 Å². The normalized spacial score (nSPS) is 26.2. The first-order chi connectivity index (χ1) is 8.29. The number of hydrogen-bond donors (Lipinski definition) is 1. The van der Waals surface area contributed by atoms with Crippen LogP contribution in [-0.4, -0.2) is 58.0 Å². The molecule has 96 valence electrons. The number of morpholine rings is 1. The highest BCUT2D eigenvalue weighted by atomic mass is 16.5. The topological polar surface area (TPSA) is 50.5 Å². The summed E-state index contributed by atoms with van der Waals surface area (Å²) in [4.78, 5) is 6.41. The van der Waals surface area contributed by atoms with E-state index in [-0.39, 0.29) is 12.7 Å². The van der Waals surface area contributed by atoms with Crippen LogP contribution >= 0.6 is 0 Å². The van der Waals surface area contributed by atoms with Gasteiger partial charge in [0.25, 0.3) is 0 Å². The molecule has 0 amide bonds. The van der Waals surface area contributed by atoms with Crippen molar-refractivity contribution >= 4 is 0 Å². The van der Waals surface area contributed by atoms with Gasteiger partial charge in [-0.25, -0.2) is 4.98 Å². The number of aryl methyl sites for hydroxylation is 1. The van der Waals surface area contributed by atoms with E-state index in [1.54, 1.807) is 6.20 Å². The van der Waals surface area contributed by atoms with Crippen LogP contribution in [0.4, 0.5) is 0 Å². The van der Waals surface area contributed by atoms with E-state index >= 15 is 0 Å². The molecule has 1 saturated heterocycles. The van der Waals surface area contributed by atoms with Crippen molar-refractivity contribution in [2.45, 2.75) is 32.0 Å². The van der Waals surface area contributed by atoms with Crippen LogP contribution in [0.5, 0.6) is 0 Å². The predicted molar refractivity (Wildman–Crippen MR) is 64.7 cm³/mol. The zero-order valence-corrected chi connectivity index (χ0v) is 10.3. The molecule has 2 rings (SSSR count). The summed E-state index contributed by atoms with van der Waals surface area (Å²) < 4.78 is 7.61. The van der Waals surface area contributed by atoms with E-state index in [4.69, 9.17) is 9.84 Å². The van der Waals surface area contributed by atoms with Crippen molar-refractivity contribution in [2.24, 2.45) is 0 Å². The molecule has 5 heteroatoms. The highest BCUT2D eigenvalue weighted by Crippen LogP contribution is 2.11. The van der Waals surface area contributed by atoms with Gasteiger partial charge in [-0.05, 0) is 13.3 Å². The Kier molecular flexibility index (Phi) is 4.53. The number of aliphatic hydroxyl groups excluding tert-OH is 1. The molecule has 1 aliphatic heterocycles. The molecule has 1 aliphatic rings. The average molecular weight is 239 g/mol. The third-order valence-corrected chi connectivity index (χ3v) is 3.26. The van der Waals surface area contributed by atoms with Crippen molar-refractivity contribution in [3.05, 3.63) is 18.7 Å². The fourth-order valence-corrected chi connectivity index (χ4v) is 2.17. The first kappa shape index (κ1) is 12.5. The van der Waals surface area contributed by atoms with Crippen LogP contribution in [0.25, 0.3) is 0 Å². The van der Waals surface area contributed by atoms with Crippen molar-refractivity contribution < 1.29 is 9.84 Å². The fraction of sp³-hybridized carbons (Fsp3) is 0.750. The number of aromatic nitrogens is 2. The molecule has 5 nitrogen and oxygen atoms in total. The lowest BCUT2D eigenvalue weighted by Gasteiger charge is -2.37. The van der Waals surface area contributed by atoms with Gasteiger partial charge in [0.2, 0.25) is 0 Å². The Bertz CT molecular complexity index is 316. The number of imidazole rings is 1. The first-order valence-corrected chi connectivity index (χ1v) is 6.22. The third kappa shape index (κ3) is 3.52. The second kappa shape index (κ2) is 6.14.